The number of hydrogen-bond acceptors (Lipinski definition) is 5. The number of nitrogens with zero attached hydrogens (tertiary/aromatic N) is 3. The Kier molecular flexibility index (Phi) is 5.25. The number of pyridine rings is 1. The van der Waals surface area contributed by atoms with Gasteiger partial charge in [0.25, 0.3) is 5.91 Å². The Morgan fingerprint density at radius 1 is 1.00 bits per heavy atom. The minimum Gasteiger partial charge on any atom is -0.339 e. The van der Waals surface area contributed by atoms with Crippen LogP contribution in [0.5, 0.6) is 0 Å². The molecule has 7 heteroatoms. The molecule has 4 rings (SSSR count). The van der Waals surface area contributed by atoms with Crippen molar-refractivity contribution < 1.29 is 9.32 Å². The molecule has 0 bridgehead atoms. The Morgan fingerprint density at radius 3 is 2.54 bits per heavy atom. The molecule has 1 amide bonds. The van der Waals surface area contributed by atoms with E-state index in [0.29, 0.717) is 29.4 Å². The van der Waals surface area contributed by atoms with Gasteiger partial charge in [-0.25, -0.2) is 0 Å². The first kappa shape index (κ1) is 18.1. The molecule has 2 heterocycles. The topological polar surface area (TPSA) is 80.9 Å². The predicted molar refractivity (Wildman–Crippen MR) is 109 cm³/mol. The zero-order chi connectivity index (χ0) is 19.3. The van der Waals surface area contributed by atoms with Crippen LogP contribution in [0.1, 0.15) is 21.8 Å². The predicted octanol–water partition coefficient (Wildman–Crippen LogP) is 4.74. The van der Waals surface area contributed by atoms with Crippen molar-refractivity contribution in [2.45, 2.75) is 6.42 Å². The van der Waals surface area contributed by atoms with Crippen LogP contribution >= 0.6 is 15.9 Å². The van der Waals surface area contributed by atoms with Gasteiger partial charge in [0.15, 0.2) is 0 Å². The number of aromatic nitrogens is 3. The fourth-order valence-electron chi connectivity index (χ4n) is 2.70. The molecule has 2 aromatic carbocycles. The summed E-state index contributed by atoms with van der Waals surface area (Å²) in [5.74, 6) is 0.800. The molecule has 0 atom stereocenters. The average Bonchev–Trinajstić information content (AvgIpc) is 3.19. The quantitative estimate of drug-likeness (QED) is 0.490. The summed E-state index contributed by atoms with van der Waals surface area (Å²) in [5.41, 5.74) is 3.01. The van der Waals surface area contributed by atoms with E-state index in [2.05, 4.69) is 36.4 Å². The smallest absolute Gasteiger partial charge is 0.255 e. The van der Waals surface area contributed by atoms with Gasteiger partial charge < -0.3 is 9.84 Å². The van der Waals surface area contributed by atoms with Gasteiger partial charge in [0.1, 0.15) is 0 Å². The third-order valence-electron chi connectivity index (χ3n) is 4.12. The van der Waals surface area contributed by atoms with E-state index in [-0.39, 0.29) is 5.91 Å². The van der Waals surface area contributed by atoms with E-state index in [1.807, 2.05) is 48.5 Å². The summed E-state index contributed by atoms with van der Waals surface area (Å²) in [7, 11) is 0. The number of carbonyl (C=O) groups excluding carboxylic acids is 1. The monoisotopic (exact) mass is 434 g/mol. The fourth-order valence-corrected chi connectivity index (χ4v) is 2.96. The highest BCUT2D eigenvalue weighted by Gasteiger charge is 2.13. The summed E-state index contributed by atoms with van der Waals surface area (Å²) in [5, 5.41) is 6.98. The number of amides is 1. The molecule has 2 aromatic heterocycles. The second-order valence-corrected chi connectivity index (χ2v) is 6.96. The fraction of sp³-hybridized carbons (Fsp3) is 0.0476. The normalized spacial score (nSPS) is 10.6. The third kappa shape index (κ3) is 4.15. The first-order chi connectivity index (χ1) is 13.7. The average molecular weight is 435 g/mol. The van der Waals surface area contributed by atoms with E-state index >= 15 is 0 Å². The molecular formula is C21H15BrN4O2. The van der Waals surface area contributed by atoms with Gasteiger partial charge in [-0.3, -0.25) is 9.78 Å². The van der Waals surface area contributed by atoms with Crippen LogP contribution in [0.4, 0.5) is 5.69 Å². The Bertz CT molecular complexity index is 1090. The van der Waals surface area contributed by atoms with E-state index in [4.69, 9.17) is 4.52 Å². The van der Waals surface area contributed by atoms with Crippen molar-refractivity contribution in [2.75, 3.05) is 5.32 Å². The maximum absolute atomic E-state index is 12.5. The number of nitrogens with one attached hydrogen (secondary N) is 1. The molecular weight excluding hydrogens is 420 g/mol. The molecule has 0 aliphatic heterocycles. The molecule has 138 valence electrons. The maximum Gasteiger partial charge on any atom is 0.255 e. The maximum atomic E-state index is 12.5. The molecule has 0 saturated heterocycles. The summed E-state index contributed by atoms with van der Waals surface area (Å²) < 4.78 is 6.30. The summed E-state index contributed by atoms with van der Waals surface area (Å²) in [6.07, 6.45) is 3.77. The summed E-state index contributed by atoms with van der Waals surface area (Å²) in [6, 6.07) is 18.4. The summed E-state index contributed by atoms with van der Waals surface area (Å²) in [4.78, 5) is 21.0. The Labute approximate surface area is 169 Å². The summed E-state index contributed by atoms with van der Waals surface area (Å²) >= 11 is 3.37. The van der Waals surface area contributed by atoms with Gasteiger partial charge in [0.05, 0.1) is 6.42 Å². The zero-order valence-corrected chi connectivity index (χ0v) is 16.3. The van der Waals surface area contributed by atoms with Crippen LogP contribution < -0.4 is 5.32 Å². The lowest BCUT2D eigenvalue weighted by molar-refractivity contribution is 0.102. The van der Waals surface area contributed by atoms with Crippen LogP contribution in [0, 0.1) is 0 Å². The highest BCUT2D eigenvalue weighted by atomic mass is 79.9. The van der Waals surface area contributed by atoms with Crippen molar-refractivity contribution in [3.05, 3.63) is 94.5 Å². The molecule has 0 aliphatic carbocycles. The molecule has 0 fully saturated rings. The SMILES string of the molecule is O=C(Nc1ccccc1Cc1nc(-c2ccncc2)no1)c1ccc(Br)cc1. The lowest BCUT2D eigenvalue weighted by Gasteiger charge is -2.10. The van der Waals surface area contributed by atoms with E-state index in [1.165, 1.54) is 0 Å². The second-order valence-electron chi connectivity index (χ2n) is 6.04. The van der Waals surface area contributed by atoms with Gasteiger partial charge in [0, 0.05) is 33.7 Å². The van der Waals surface area contributed by atoms with Gasteiger partial charge in [-0.05, 0) is 48.0 Å². The molecule has 6 nitrogen and oxygen atoms in total. The van der Waals surface area contributed by atoms with E-state index < -0.39 is 0 Å². The number of carbonyl (C=O) groups is 1. The molecule has 4 aromatic rings. The van der Waals surface area contributed by atoms with Crippen molar-refractivity contribution in [1.82, 2.24) is 15.1 Å². The lowest BCUT2D eigenvalue weighted by Crippen LogP contribution is -2.13. The molecule has 28 heavy (non-hydrogen) atoms. The van der Waals surface area contributed by atoms with Crippen LogP contribution in [0.15, 0.2) is 82.1 Å². The van der Waals surface area contributed by atoms with Crippen LogP contribution in [-0.4, -0.2) is 21.0 Å². The zero-order valence-electron chi connectivity index (χ0n) is 14.7. The van der Waals surface area contributed by atoms with E-state index in [1.54, 1.807) is 24.5 Å². The van der Waals surface area contributed by atoms with Gasteiger partial charge in [-0.1, -0.05) is 39.3 Å². The van der Waals surface area contributed by atoms with Crippen LogP contribution in [-0.2, 0) is 6.42 Å². The number of rotatable bonds is 5. The van der Waals surface area contributed by atoms with Crippen molar-refractivity contribution >= 4 is 27.5 Å². The number of para-hydroxylation sites is 1. The number of hydrogen-bond donors (Lipinski definition) is 1. The standard InChI is InChI=1S/C21H15BrN4O2/c22-17-7-5-15(6-8-17)21(27)24-18-4-2-1-3-16(18)13-19-25-20(26-28-19)14-9-11-23-12-10-14/h1-12H,13H2,(H,24,27). The minimum absolute atomic E-state index is 0.178. The molecule has 0 unspecified atom stereocenters. The van der Waals surface area contributed by atoms with Gasteiger partial charge >= 0.3 is 0 Å². The molecule has 0 radical (unpaired) electrons. The van der Waals surface area contributed by atoms with E-state index in [0.717, 1.165) is 15.6 Å². The summed E-state index contributed by atoms with van der Waals surface area (Å²) in [6.45, 7) is 0. The van der Waals surface area contributed by atoms with Crippen molar-refractivity contribution in [3.63, 3.8) is 0 Å². The Balaban J connectivity index is 1.53. The largest absolute Gasteiger partial charge is 0.339 e. The lowest BCUT2D eigenvalue weighted by atomic mass is 10.1. The van der Waals surface area contributed by atoms with Crippen LogP contribution in [0.25, 0.3) is 11.4 Å². The highest BCUT2D eigenvalue weighted by Crippen LogP contribution is 2.21. The van der Waals surface area contributed by atoms with Crippen molar-refractivity contribution in [2.24, 2.45) is 0 Å². The molecule has 0 saturated carbocycles. The van der Waals surface area contributed by atoms with Crippen LogP contribution in [0.2, 0.25) is 0 Å². The second kappa shape index (κ2) is 8.14. The van der Waals surface area contributed by atoms with Crippen molar-refractivity contribution in [1.29, 1.82) is 0 Å². The first-order valence-corrected chi connectivity index (χ1v) is 9.36. The first-order valence-electron chi connectivity index (χ1n) is 8.57. The number of anilines is 1. The van der Waals surface area contributed by atoms with Gasteiger partial charge in [-0.2, -0.15) is 4.98 Å². The molecule has 0 spiro atoms. The van der Waals surface area contributed by atoms with E-state index in [9.17, 15) is 4.79 Å². The van der Waals surface area contributed by atoms with Gasteiger partial charge in [-0.15, -0.1) is 0 Å². The number of benzene rings is 2. The Hall–Kier alpha value is -3.32. The van der Waals surface area contributed by atoms with Gasteiger partial charge in [0.2, 0.25) is 11.7 Å². The van der Waals surface area contributed by atoms with Crippen LogP contribution in [0.3, 0.4) is 0 Å². The van der Waals surface area contributed by atoms with Crippen molar-refractivity contribution in [3.8, 4) is 11.4 Å². The third-order valence-corrected chi connectivity index (χ3v) is 4.65. The molecule has 1 N–H and O–H groups in total. The highest BCUT2D eigenvalue weighted by molar-refractivity contribution is 9.10. The minimum atomic E-state index is -0.178. The number of halogens is 1. The molecule has 0 aliphatic rings. The Morgan fingerprint density at radius 2 is 1.75 bits per heavy atom.